The third-order valence-electron chi connectivity index (χ3n) is 5.64. The Bertz CT molecular complexity index is 948. The number of benzene rings is 2. The van der Waals surface area contributed by atoms with E-state index < -0.39 is 5.60 Å². The van der Waals surface area contributed by atoms with Gasteiger partial charge in [0.1, 0.15) is 28.4 Å². The Morgan fingerprint density at radius 3 is 2.41 bits per heavy atom. The lowest BCUT2D eigenvalue weighted by Gasteiger charge is -2.44. The highest BCUT2D eigenvalue weighted by Gasteiger charge is 2.45. The topological polar surface area (TPSA) is 65.1 Å². The molecule has 2 aromatic rings. The minimum absolute atomic E-state index is 0.00145. The standard InChI is InChI=1S/C22H22BrNO5/c1-27-16-11-18(28-2)20-17(25)13-22(29-19(20)12-16)7-9-24(10-8-22)21(26)14-3-5-15(23)6-4-14/h3-6,11-12H,7-10,13H2,1-2H3. The van der Waals surface area contributed by atoms with Crippen LogP contribution in [0, 0.1) is 0 Å². The zero-order chi connectivity index (χ0) is 20.6. The van der Waals surface area contributed by atoms with Crippen molar-refractivity contribution in [2.24, 2.45) is 0 Å². The van der Waals surface area contributed by atoms with Crippen LogP contribution < -0.4 is 14.2 Å². The molecule has 0 radical (unpaired) electrons. The Morgan fingerprint density at radius 2 is 1.79 bits per heavy atom. The Balaban J connectivity index is 1.52. The quantitative estimate of drug-likeness (QED) is 0.690. The third-order valence-corrected chi connectivity index (χ3v) is 6.16. The van der Waals surface area contributed by atoms with Gasteiger partial charge in [-0.2, -0.15) is 0 Å². The summed E-state index contributed by atoms with van der Waals surface area (Å²) in [6.07, 6.45) is 1.48. The molecule has 0 aliphatic carbocycles. The van der Waals surface area contributed by atoms with Crippen molar-refractivity contribution >= 4 is 27.6 Å². The van der Waals surface area contributed by atoms with Gasteiger partial charge in [0, 0.05) is 48.1 Å². The minimum Gasteiger partial charge on any atom is -0.496 e. The summed E-state index contributed by atoms with van der Waals surface area (Å²) in [7, 11) is 3.09. The van der Waals surface area contributed by atoms with Crippen molar-refractivity contribution in [3.8, 4) is 17.2 Å². The first-order valence-electron chi connectivity index (χ1n) is 9.48. The fourth-order valence-corrected chi connectivity index (χ4v) is 4.29. The SMILES string of the molecule is COc1cc(OC)c2c(c1)OC1(CCN(C(=O)c3ccc(Br)cc3)CC1)CC2=O. The van der Waals surface area contributed by atoms with Crippen molar-refractivity contribution in [2.45, 2.75) is 24.9 Å². The highest BCUT2D eigenvalue weighted by molar-refractivity contribution is 9.10. The number of amides is 1. The Morgan fingerprint density at radius 1 is 1.10 bits per heavy atom. The van der Waals surface area contributed by atoms with Crippen molar-refractivity contribution in [3.05, 3.63) is 52.0 Å². The number of likely N-dealkylation sites (tertiary alicyclic amines) is 1. The van der Waals surface area contributed by atoms with Gasteiger partial charge in [0.05, 0.1) is 20.6 Å². The molecule has 1 saturated heterocycles. The van der Waals surface area contributed by atoms with E-state index in [0.29, 0.717) is 54.3 Å². The second-order valence-corrected chi connectivity index (χ2v) is 8.30. The number of Topliss-reactive ketones (excluding diaryl/α,β-unsaturated/α-hetero) is 1. The van der Waals surface area contributed by atoms with E-state index in [-0.39, 0.29) is 18.1 Å². The number of piperidine rings is 1. The van der Waals surface area contributed by atoms with Crippen molar-refractivity contribution in [2.75, 3.05) is 27.3 Å². The van der Waals surface area contributed by atoms with Gasteiger partial charge in [-0.3, -0.25) is 9.59 Å². The average molecular weight is 460 g/mol. The van der Waals surface area contributed by atoms with E-state index in [1.807, 2.05) is 29.2 Å². The molecule has 0 unspecified atom stereocenters. The van der Waals surface area contributed by atoms with Gasteiger partial charge in [-0.15, -0.1) is 0 Å². The molecule has 1 fully saturated rings. The summed E-state index contributed by atoms with van der Waals surface area (Å²) >= 11 is 3.39. The predicted molar refractivity (Wildman–Crippen MR) is 111 cm³/mol. The molecule has 0 saturated carbocycles. The molecule has 152 valence electrons. The largest absolute Gasteiger partial charge is 0.496 e. The lowest BCUT2D eigenvalue weighted by Crippen LogP contribution is -2.52. The molecule has 29 heavy (non-hydrogen) atoms. The number of carbonyl (C=O) groups excluding carboxylic acids is 2. The summed E-state index contributed by atoms with van der Waals surface area (Å²) in [6.45, 7) is 1.08. The fourth-order valence-electron chi connectivity index (χ4n) is 4.02. The molecule has 0 N–H and O–H groups in total. The Hall–Kier alpha value is -2.54. The van der Waals surface area contributed by atoms with Gasteiger partial charge in [0.25, 0.3) is 5.91 Å². The maximum Gasteiger partial charge on any atom is 0.253 e. The van der Waals surface area contributed by atoms with E-state index in [2.05, 4.69) is 15.9 Å². The van der Waals surface area contributed by atoms with Gasteiger partial charge in [-0.05, 0) is 24.3 Å². The average Bonchev–Trinajstić information content (AvgIpc) is 2.73. The monoisotopic (exact) mass is 459 g/mol. The van der Waals surface area contributed by atoms with Crippen LogP contribution in [0.25, 0.3) is 0 Å². The molecule has 1 spiro atoms. The Kier molecular flexibility index (Phi) is 5.25. The zero-order valence-corrected chi connectivity index (χ0v) is 18.0. The molecule has 4 rings (SSSR count). The van der Waals surface area contributed by atoms with Crippen molar-refractivity contribution in [1.29, 1.82) is 0 Å². The smallest absolute Gasteiger partial charge is 0.253 e. The number of ether oxygens (including phenoxy) is 3. The number of ketones is 1. The first-order chi connectivity index (χ1) is 13.9. The second kappa shape index (κ2) is 7.71. The van der Waals surface area contributed by atoms with Crippen LogP contribution in [0.3, 0.4) is 0 Å². The number of carbonyl (C=O) groups is 2. The van der Waals surface area contributed by atoms with Crippen LogP contribution in [-0.2, 0) is 0 Å². The van der Waals surface area contributed by atoms with Crippen LogP contribution in [-0.4, -0.2) is 49.5 Å². The summed E-state index contributed by atoms with van der Waals surface area (Å²) < 4.78 is 18.0. The Labute approximate surface area is 177 Å². The van der Waals surface area contributed by atoms with Gasteiger partial charge >= 0.3 is 0 Å². The fraction of sp³-hybridized carbons (Fsp3) is 0.364. The van der Waals surface area contributed by atoms with Gasteiger partial charge < -0.3 is 19.1 Å². The van der Waals surface area contributed by atoms with E-state index in [0.717, 1.165) is 4.47 Å². The normalized spacial score (nSPS) is 17.5. The van der Waals surface area contributed by atoms with Crippen LogP contribution in [0.2, 0.25) is 0 Å². The number of halogens is 1. The van der Waals surface area contributed by atoms with E-state index in [1.54, 1.807) is 19.2 Å². The summed E-state index contributed by atoms with van der Waals surface area (Å²) in [5.41, 5.74) is 0.523. The van der Waals surface area contributed by atoms with Crippen LogP contribution in [0.1, 0.15) is 40.0 Å². The van der Waals surface area contributed by atoms with Crippen molar-refractivity contribution in [1.82, 2.24) is 4.90 Å². The first kappa shape index (κ1) is 19.8. The maximum atomic E-state index is 12.9. The minimum atomic E-state index is -0.599. The first-order valence-corrected chi connectivity index (χ1v) is 10.3. The van der Waals surface area contributed by atoms with Gasteiger partial charge in [0.2, 0.25) is 0 Å². The third kappa shape index (κ3) is 3.71. The molecule has 1 amide bonds. The number of hydrogen-bond donors (Lipinski definition) is 0. The zero-order valence-electron chi connectivity index (χ0n) is 16.4. The molecule has 2 aromatic carbocycles. The maximum absolute atomic E-state index is 12.9. The molecule has 2 aliphatic heterocycles. The van der Waals surface area contributed by atoms with Crippen molar-refractivity contribution in [3.63, 3.8) is 0 Å². The lowest BCUT2D eigenvalue weighted by molar-refractivity contribution is -0.00610. The van der Waals surface area contributed by atoms with E-state index >= 15 is 0 Å². The molecule has 6 nitrogen and oxygen atoms in total. The van der Waals surface area contributed by atoms with Gasteiger partial charge in [-0.25, -0.2) is 0 Å². The van der Waals surface area contributed by atoms with E-state index in [9.17, 15) is 9.59 Å². The highest BCUT2D eigenvalue weighted by atomic mass is 79.9. The van der Waals surface area contributed by atoms with Crippen LogP contribution in [0.5, 0.6) is 17.2 Å². The van der Waals surface area contributed by atoms with Crippen LogP contribution in [0.15, 0.2) is 40.9 Å². The number of methoxy groups -OCH3 is 2. The molecular formula is C22H22BrNO5. The van der Waals surface area contributed by atoms with Gasteiger partial charge in [-0.1, -0.05) is 15.9 Å². The van der Waals surface area contributed by atoms with Gasteiger partial charge in [0.15, 0.2) is 5.78 Å². The number of rotatable bonds is 3. The van der Waals surface area contributed by atoms with Crippen LogP contribution >= 0.6 is 15.9 Å². The summed E-state index contributed by atoms with van der Waals surface area (Å²) in [4.78, 5) is 27.5. The molecule has 2 aliphatic rings. The second-order valence-electron chi connectivity index (χ2n) is 7.39. The molecular weight excluding hydrogens is 438 g/mol. The predicted octanol–water partition coefficient (Wildman–Crippen LogP) is 4.11. The lowest BCUT2D eigenvalue weighted by atomic mass is 9.82. The number of hydrogen-bond acceptors (Lipinski definition) is 5. The molecule has 2 heterocycles. The van der Waals surface area contributed by atoms with Crippen LogP contribution in [0.4, 0.5) is 0 Å². The number of nitrogens with zero attached hydrogens (tertiary/aromatic N) is 1. The molecule has 0 atom stereocenters. The van der Waals surface area contributed by atoms with E-state index in [1.165, 1.54) is 7.11 Å². The molecule has 7 heteroatoms. The molecule has 0 aromatic heterocycles. The highest BCUT2D eigenvalue weighted by Crippen LogP contribution is 2.44. The summed E-state index contributed by atoms with van der Waals surface area (Å²) in [5.74, 6) is 1.53. The summed E-state index contributed by atoms with van der Waals surface area (Å²) in [6, 6.07) is 10.8. The summed E-state index contributed by atoms with van der Waals surface area (Å²) in [5, 5.41) is 0. The number of fused-ring (bicyclic) bond motifs is 1. The molecule has 0 bridgehead atoms. The van der Waals surface area contributed by atoms with E-state index in [4.69, 9.17) is 14.2 Å². The van der Waals surface area contributed by atoms with Crippen molar-refractivity contribution < 1.29 is 23.8 Å².